The van der Waals surface area contributed by atoms with E-state index in [1.807, 2.05) is 6.92 Å². The molecule has 1 aliphatic rings. The van der Waals surface area contributed by atoms with E-state index < -0.39 is 65.1 Å². The highest BCUT2D eigenvalue weighted by atomic mass is 19.3. The highest BCUT2D eigenvalue weighted by molar-refractivity contribution is 6.38. The number of nitrogens with one attached hydrogen (secondary N) is 4. The molecule has 1 saturated heterocycles. The number of alkyl halides is 2. The van der Waals surface area contributed by atoms with Crippen molar-refractivity contribution in [2.45, 2.75) is 70.1 Å². The van der Waals surface area contributed by atoms with Crippen molar-refractivity contribution in [3.8, 4) is 0 Å². The van der Waals surface area contributed by atoms with Crippen molar-refractivity contribution in [3.63, 3.8) is 0 Å². The normalized spacial score (nSPS) is 16.7. The minimum atomic E-state index is -3.87. The Hall–Kier alpha value is -4.42. The van der Waals surface area contributed by atoms with Crippen LogP contribution in [0.15, 0.2) is 54.6 Å². The fourth-order valence-corrected chi connectivity index (χ4v) is 4.85. The zero-order valence-electron chi connectivity index (χ0n) is 24.5. The second-order valence-electron chi connectivity index (χ2n) is 10.5. The number of carbonyl (C=O) groups excluding carboxylic acids is 5. The van der Waals surface area contributed by atoms with E-state index in [-0.39, 0.29) is 30.9 Å². The Morgan fingerprint density at radius 1 is 1.02 bits per heavy atom. The van der Waals surface area contributed by atoms with E-state index in [0.717, 1.165) is 18.2 Å². The number of unbranched alkanes of at least 4 members (excludes halogenated alkanes) is 1. The maximum Gasteiger partial charge on any atom is 0.408 e. The van der Waals surface area contributed by atoms with E-state index in [1.165, 1.54) is 24.3 Å². The number of hydrogen-bond donors (Lipinski definition) is 4. The van der Waals surface area contributed by atoms with Crippen molar-refractivity contribution in [2.75, 3.05) is 13.1 Å². The molecule has 0 unspecified atom stereocenters. The zero-order chi connectivity index (χ0) is 32.3. The number of carbonyl (C=O) groups is 5. The summed E-state index contributed by atoms with van der Waals surface area (Å²) in [4.78, 5) is 63.9. The van der Waals surface area contributed by atoms with Gasteiger partial charge in [0.2, 0.25) is 17.6 Å². The average Bonchev–Trinajstić information content (AvgIpc) is 3.41. The summed E-state index contributed by atoms with van der Waals surface area (Å²) in [5.74, 6) is -8.47. The van der Waals surface area contributed by atoms with Crippen LogP contribution in [0.2, 0.25) is 0 Å². The third kappa shape index (κ3) is 9.04. The predicted molar refractivity (Wildman–Crippen MR) is 154 cm³/mol. The van der Waals surface area contributed by atoms with Gasteiger partial charge in [-0.15, -0.1) is 0 Å². The van der Waals surface area contributed by atoms with Crippen molar-refractivity contribution in [3.05, 3.63) is 71.5 Å². The Morgan fingerprint density at radius 3 is 2.36 bits per heavy atom. The summed E-state index contributed by atoms with van der Waals surface area (Å²) in [7, 11) is 0. The Kier molecular flexibility index (Phi) is 12.3. The minimum Gasteiger partial charge on any atom is -0.434 e. The summed E-state index contributed by atoms with van der Waals surface area (Å²) in [5, 5.41) is 9.80. The number of halogens is 3. The molecule has 4 atom stereocenters. The van der Waals surface area contributed by atoms with E-state index in [0.29, 0.717) is 31.9 Å². The van der Waals surface area contributed by atoms with Crippen LogP contribution in [-0.2, 0) is 29.8 Å². The van der Waals surface area contributed by atoms with Crippen LogP contribution in [0.1, 0.15) is 63.2 Å². The van der Waals surface area contributed by atoms with Crippen LogP contribution in [0.4, 0.5) is 18.0 Å². The van der Waals surface area contributed by atoms with Crippen LogP contribution >= 0.6 is 0 Å². The van der Waals surface area contributed by atoms with Gasteiger partial charge in [0.05, 0.1) is 6.04 Å². The molecular formula is C31H37F3N4O6. The first-order valence-electron chi connectivity index (χ1n) is 14.5. The number of benzene rings is 2. The number of ketones is 1. The lowest BCUT2D eigenvalue weighted by atomic mass is 9.95. The molecule has 238 valence electrons. The minimum absolute atomic E-state index is 0.0553. The maximum absolute atomic E-state index is 15.7. The summed E-state index contributed by atoms with van der Waals surface area (Å²) < 4.78 is 50.5. The van der Waals surface area contributed by atoms with Crippen molar-refractivity contribution >= 4 is 29.6 Å². The number of Topliss-reactive ketones (excluding diaryl/α,β-unsaturated/α-hetero) is 1. The maximum atomic E-state index is 15.7. The zero-order valence-corrected chi connectivity index (χ0v) is 24.5. The van der Waals surface area contributed by atoms with E-state index in [2.05, 4.69) is 21.3 Å². The molecule has 2 aromatic rings. The van der Waals surface area contributed by atoms with Gasteiger partial charge in [0.15, 0.2) is 6.10 Å². The summed E-state index contributed by atoms with van der Waals surface area (Å²) in [6.07, 6.45) is -2.19. The summed E-state index contributed by atoms with van der Waals surface area (Å²) in [5.41, 5.74) is -0.795. The first kappa shape index (κ1) is 34.1. The first-order chi connectivity index (χ1) is 21.0. The van der Waals surface area contributed by atoms with E-state index in [9.17, 15) is 28.4 Å². The molecule has 1 heterocycles. The Morgan fingerprint density at radius 2 is 1.75 bits per heavy atom. The molecule has 0 radical (unpaired) electrons. The predicted octanol–water partition coefficient (Wildman–Crippen LogP) is 3.66. The molecule has 1 aliphatic heterocycles. The van der Waals surface area contributed by atoms with Gasteiger partial charge in [0.1, 0.15) is 11.9 Å². The van der Waals surface area contributed by atoms with Gasteiger partial charge >= 0.3 is 12.0 Å². The lowest BCUT2D eigenvalue weighted by Gasteiger charge is -2.29. The van der Waals surface area contributed by atoms with Gasteiger partial charge in [-0.1, -0.05) is 62.2 Å². The number of likely N-dealkylation sites (N-methyl/N-ethyl adjacent to an activating group) is 1. The molecule has 3 rings (SSSR count). The van der Waals surface area contributed by atoms with Gasteiger partial charge in [0.25, 0.3) is 5.91 Å². The van der Waals surface area contributed by atoms with E-state index >= 15 is 8.78 Å². The fourth-order valence-electron chi connectivity index (χ4n) is 4.85. The molecule has 4 N–H and O–H groups in total. The smallest absolute Gasteiger partial charge is 0.408 e. The Labute approximate surface area is 253 Å². The van der Waals surface area contributed by atoms with Crippen molar-refractivity contribution in [2.24, 2.45) is 5.92 Å². The average molecular weight is 619 g/mol. The molecule has 10 nitrogen and oxygen atoms in total. The largest absolute Gasteiger partial charge is 0.434 e. The quantitative estimate of drug-likeness (QED) is 0.225. The van der Waals surface area contributed by atoms with Gasteiger partial charge in [0, 0.05) is 24.6 Å². The summed E-state index contributed by atoms with van der Waals surface area (Å²) in [6.45, 7) is 3.98. The third-order valence-corrected chi connectivity index (χ3v) is 7.20. The van der Waals surface area contributed by atoms with Crippen LogP contribution in [0, 0.1) is 11.7 Å². The summed E-state index contributed by atoms with van der Waals surface area (Å²) >= 11 is 0. The molecule has 2 aromatic carbocycles. The van der Waals surface area contributed by atoms with Gasteiger partial charge in [-0.25, -0.2) is 9.18 Å². The molecule has 0 spiro atoms. The van der Waals surface area contributed by atoms with Gasteiger partial charge in [-0.3, -0.25) is 19.2 Å². The molecule has 44 heavy (non-hydrogen) atoms. The van der Waals surface area contributed by atoms with Gasteiger partial charge in [-0.2, -0.15) is 8.78 Å². The summed E-state index contributed by atoms with van der Waals surface area (Å²) in [6, 6.07) is 8.23. The fraction of sp³-hybridized carbons (Fsp3) is 0.452. The second-order valence-corrected chi connectivity index (χ2v) is 10.5. The van der Waals surface area contributed by atoms with Crippen LogP contribution in [0.5, 0.6) is 0 Å². The molecule has 0 bridgehead atoms. The van der Waals surface area contributed by atoms with Crippen LogP contribution in [-0.4, -0.2) is 54.8 Å². The van der Waals surface area contributed by atoms with Crippen molar-refractivity contribution < 1.29 is 41.9 Å². The number of ether oxygens (including phenoxy) is 1. The molecule has 13 heteroatoms. The number of alkyl carbamates (subject to hydrolysis) is 1. The van der Waals surface area contributed by atoms with Gasteiger partial charge in [-0.05, 0) is 43.9 Å². The molecule has 0 saturated carbocycles. The first-order valence-corrected chi connectivity index (χ1v) is 14.5. The van der Waals surface area contributed by atoms with Crippen molar-refractivity contribution in [1.82, 2.24) is 21.3 Å². The number of rotatable bonds is 15. The topological polar surface area (TPSA) is 143 Å². The number of hydrogen-bond acceptors (Lipinski definition) is 6. The van der Waals surface area contributed by atoms with E-state index in [4.69, 9.17) is 4.74 Å². The Balaban J connectivity index is 1.83. The standard InChI is InChI=1S/C31H37F3N4O6/c1-3-5-14-23(28(41)37-24(25(39)29(42)35-4-2)17-20-15-16-36-27(20)40)38-30(43)44-26(19-10-7-6-8-11-19)31(33,34)21-12-9-13-22(32)18-21/h6-13,18,20,23-24,26H,3-5,14-17H2,1-2H3,(H,35,42)(H,36,40)(H,37,41)(H,38,43)/t20-,23-,24-,26+/m0/s1. The van der Waals surface area contributed by atoms with Gasteiger partial charge < -0.3 is 26.0 Å². The van der Waals surface area contributed by atoms with Crippen molar-refractivity contribution in [1.29, 1.82) is 0 Å². The van der Waals surface area contributed by atoms with Crippen LogP contribution in [0.25, 0.3) is 0 Å². The highest BCUT2D eigenvalue weighted by Crippen LogP contribution is 2.43. The van der Waals surface area contributed by atoms with Crippen LogP contribution in [0.3, 0.4) is 0 Å². The lowest BCUT2D eigenvalue weighted by molar-refractivity contribution is -0.141. The molecule has 4 amide bonds. The van der Waals surface area contributed by atoms with E-state index in [1.54, 1.807) is 13.0 Å². The molecular weight excluding hydrogens is 581 g/mol. The highest BCUT2D eigenvalue weighted by Gasteiger charge is 2.46. The monoisotopic (exact) mass is 618 g/mol. The molecule has 0 aromatic heterocycles. The Bertz CT molecular complexity index is 1330. The SMILES string of the molecule is CCCC[C@H](NC(=O)O[C@H](c1ccccc1)C(F)(F)c1cccc(F)c1)C(=O)N[C@@H](C[C@@H]1CCNC1=O)C(=O)C(=O)NCC. The second kappa shape index (κ2) is 15.9. The number of amides is 4. The molecule has 1 fully saturated rings. The third-order valence-electron chi connectivity index (χ3n) is 7.20. The molecule has 0 aliphatic carbocycles. The van der Waals surface area contributed by atoms with Crippen LogP contribution < -0.4 is 21.3 Å². The lowest BCUT2D eigenvalue weighted by Crippen LogP contribution is -2.54.